The van der Waals surface area contributed by atoms with Crippen molar-refractivity contribution in [3.05, 3.63) is 35.1 Å². The molecule has 1 aliphatic carbocycles. The molecule has 0 saturated heterocycles. The topological polar surface area (TPSA) is 38.0 Å². The molecule has 0 aliphatic heterocycles. The molecule has 106 valence electrons. The van der Waals surface area contributed by atoms with Crippen LogP contribution in [0, 0.1) is 12.7 Å². The molecule has 1 aromatic rings. The van der Waals surface area contributed by atoms with Gasteiger partial charge in [0.15, 0.2) is 0 Å². The van der Waals surface area contributed by atoms with Crippen LogP contribution in [-0.4, -0.2) is 17.0 Å². The fraction of sp³-hybridized carbons (Fsp3) is 0.600. The number of aryl methyl sites for hydroxylation is 1. The third-order valence-electron chi connectivity index (χ3n) is 3.85. The molecule has 2 rings (SSSR count). The summed E-state index contributed by atoms with van der Waals surface area (Å²) in [4.78, 5) is 0. The Balaban J connectivity index is 1.88. The summed E-state index contributed by atoms with van der Waals surface area (Å²) in [5.41, 5.74) is 5.06. The third kappa shape index (κ3) is 4.48. The SMILES string of the molecule is Cc1ccc(F)cc1CC(CSC1CCCC1)NN. The number of thioether (sulfide) groups is 1. The predicted octanol–water partition coefficient (Wildman–Crippen LogP) is 3.18. The van der Waals surface area contributed by atoms with Gasteiger partial charge >= 0.3 is 0 Å². The summed E-state index contributed by atoms with van der Waals surface area (Å²) in [5, 5.41) is 0.796. The molecule has 1 aliphatic rings. The molecule has 0 aromatic heterocycles. The van der Waals surface area contributed by atoms with Crippen LogP contribution in [0.3, 0.4) is 0 Å². The standard InChI is InChI=1S/C15H23FN2S/c1-11-6-7-13(16)8-12(11)9-14(18-17)10-19-15-4-2-3-5-15/h6-8,14-15,18H,2-5,9-10,17H2,1H3. The van der Waals surface area contributed by atoms with Gasteiger partial charge in [-0.05, 0) is 49.4 Å². The van der Waals surface area contributed by atoms with Crippen molar-refractivity contribution in [2.24, 2.45) is 5.84 Å². The van der Waals surface area contributed by atoms with Gasteiger partial charge in [0.1, 0.15) is 5.82 Å². The van der Waals surface area contributed by atoms with E-state index in [0.29, 0.717) is 0 Å². The smallest absolute Gasteiger partial charge is 0.123 e. The van der Waals surface area contributed by atoms with Crippen molar-refractivity contribution < 1.29 is 4.39 Å². The predicted molar refractivity (Wildman–Crippen MR) is 80.7 cm³/mol. The highest BCUT2D eigenvalue weighted by Crippen LogP contribution is 2.30. The van der Waals surface area contributed by atoms with Gasteiger partial charge in [-0.2, -0.15) is 11.8 Å². The highest BCUT2D eigenvalue weighted by atomic mass is 32.2. The second-order valence-electron chi connectivity index (χ2n) is 5.38. The van der Waals surface area contributed by atoms with E-state index in [1.54, 1.807) is 6.07 Å². The van der Waals surface area contributed by atoms with Crippen molar-refractivity contribution in [1.29, 1.82) is 0 Å². The van der Waals surface area contributed by atoms with Crippen molar-refractivity contribution in [2.45, 2.75) is 50.3 Å². The van der Waals surface area contributed by atoms with Gasteiger partial charge in [0.2, 0.25) is 0 Å². The average Bonchev–Trinajstić information content (AvgIpc) is 2.91. The first-order chi connectivity index (χ1) is 9.19. The minimum Gasteiger partial charge on any atom is -0.271 e. The van der Waals surface area contributed by atoms with Crippen LogP contribution >= 0.6 is 11.8 Å². The maximum absolute atomic E-state index is 13.3. The van der Waals surface area contributed by atoms with E-state index in [4.69, 9.17) is 5.84 Å². The van der Waals surface area contributed by atoms with Crippen molar-refractivity contribution in [3.63, 3.8) is 0 Å². The molecule has 1 fully saturated rings. The Morgan fingerprint density at radius 1 is 1.42 bits per heavy atom. The number of hydrogen-bond acceptors (Lipinski definition) is 3. The lowest BCUT2D eigenvalue weighted by Gasteiger charge is -2.19. The van der Waals surface area contributed by atoms with Gasteiger partial charge in [-0.1, -0.05) is 18.9 Å². The zero-order valence-corrected chi connectivity index (χ0v) is 12.3. The molecular weight excluding hydrogens is 259 g/mol. The van der Waals surface area contributed by atoms with Crippen molar-refractivity contribution in [1.82, 2.24) is 5.43 Å². The quantitative estimate of drug-likeness (QED) is 0.621. The van der Waals surface area contributed by atoms with Crippen LogP contribution in [0.5, 0.6) is 0 Å². The van der Waals surface area contributed by atoms with Gasteiger partial charge in [0, 0.05) is 17.0 Å². The van der Waals surface area contributed by atoms with E-state index in [0.717, 1.165) is 28.6 Å². The third-order valence-corrected chi connectivity index (χ3v) is 5.39. The Bertz CT molecular complexity index is 405. The molecule has 3 N–H and O–H groups in total. The Kier molecular flexibility index (Phi) is 5.67. The van der Waals surface area contributed by atoms with E-state index in [9.17, 15) is 4.39 Å². The lowest BCUT2D eigenvalue weighted by molar-refractivity contribution is 0.568. The Hall–Kier alpha value is -0.580. The van der Waals surface area contributed by atoms with Gasteiger partial charge < -0.3 is 0 Å². The first-order valence-electron chi connectivity index (χ1n) is 7.02. The fourth-order valence-electron chi connectivity index (χ4n) is 2.60. The molecule has 0 spiro atoms. The van der Waals surface area contributed by atoms with Crippen LogP contribution in [0.25, 0.3) is 0 Å². The van der Waals surface area contributed by atoms with Crippen molar-refractivity contribution in [2.75, 3.05) is 5.75 Å². The van der Waals surface area contributed by atoms with E-state index in [1.165, 1.54) is 31.7 Å². The monoisotopic (exact) mass is 282 g/mol. The number of rotatable bonds is 6. The molecule has 19 heavy (non-hydrogen) atoms. The Morgan fingerprint density at radius 3 is 2.84 bits per heavy atom. The molecular formula is C15H23FN2S. The normalized spacial score (nSPS) is 17.8. The van der Waals surface area contributed by atoms with E-state index in [2.05, 4.69) is 5.43 Å². The average molecular weight is 282 g/mol. The fourth-order valence-corrected chi connectivity index (χ4v) is 3.98. The van der Waals surface area contributed by atoms with Crippen LogP contribution in [0.15, 0.2) is 18.2 Å². The zero-order chi connectivity index (χ0) is 13.7. The van der Waals surface area contributed by atoms with E-state index in [1.807, 2.05) is 24.8 Å². The molecule has 0 heterocycles. The number of hydrogen-bond donors (Lipinski definition) is 2. The summed E-state index contributed by atoms with van der Waals surface area (Å²) in [7, 11) is 0. The lowest BCUT2D eigenvalue weighted by atomic mass is 10.0. The number of hydrazine groups is 1. The van der Waals surface area contributed by atoms with Crippen molar-refractivity contribution >= 4 is 11.8 Å². The van der Waals surface area contributed by atoms with Crippen molar-refractivity contribution in [3.8, 4) is 0 Å². The molecule has 1 unspecified atom stereocenters. The minimum absolute atomic E-state index is 0.167. The summed E-state index contributed by atoms with van der Waals surface area (Å²) in [6.07, 6.45) is 6.19. The first kappa shape index (κ1) is 14.8. The second kappa shape index (κ2) is 7.27. The second-order valence-corrected chi connectivity index (χ2v) is 6.71. The maximum Gasteiger partial charge on any atom is 0.123 e. The summed E-state index contributed by atoms with van der Waals surface area (Å²) in [5.74, 6) is 6.47. The first-order valence-corrected chi connectivity index (χ1v) is 8.06. The Labute approximate surface area is 119 Å². The van der Waals surface area contributed by atoms with Crippen LogP contribution in [0.4, 0.5) is 4.39 Å². The van der Waals surface area contributed by atoms with Crippen LogP contribution in [0.1, 0.15) is 36.8 Å². The molecule has 2 nitrogen and oxygen atoms in total. The van der Waals surface area contributed by atoms with Crippen LogP contribution in [-0.2, 0) is 6.42 Å². The largest absolute Gasteiger partial charge is 0.271 e. The lowest BCUT2D eigenvalue weighted by Crippen LogP contribution is -2.39. The number of benzene rings is 1. The van der Waals surface area contributed by atoms with E-state index >= 15 is 0 Å². The zero-order valence-electron chi connectivity index (χ0n) is 11.5. The molecule has 1 atom stereocenters. The highest BCUT2D eigenvalue weighted by molar-refractivity contribution is 7.99. The van der Waals surface area contributed by atoms with E-state index < -0.39 is 0 Å². The maximum atomic E-state index is 13.3. The molecule has 0 radical (unpaired) electrons. The van der Waals surface area contributed by atoms with E-state index in [-0.39, 0.29) is 11.9 Å². The number of nitrogens with two attached hydrogens (primary N) is 1. The summed E-state index contributed by atoms with van der Waals surface area (Å²) in [6, 6.07) is 5.19. The van der Waals surface area contributed by atoms with Gasteiger partial charge in [-0.15, -0.1) is 0 Å². The van der Waals surface area contributed by atoms with Gasteiger partial charge in [-0.25, -0.2) is 4.39 Å². The molecule has 1 aromatic carbocycles. The molecule has 0 amide bonds. The molecule has 0 bridgehead atoms. The minimum atomic E-state index is -0.167. The van der Waals surface area contributed by atoms with Crippen LogP contribution in [0.2, 0.25) is 0 Å². The molecule has 1 saturated carbocycles. The van der Waals surface area contributed by atoms with Crippen LogP contribution < -0.4 is 11.3 Å². The number of nitrogens with one attached hydrogen (secondary N) is 1. The number of halogens is 1. The van der Waals surface area contributed by atoms with Gasteiger partial charge in [-0.3, -0.25) is 11.3 Å². The summed E-state index contributed by atoms with van der Waals surface area (Å²) < 4.78 is 13.3. The van der Waals surface area contributed by atoms with Gasteiger partial charge in [0.25, 0.3) is 0 Å². The summed E-state index contributed by atoms with van der Waals surface area (Å²) in [6.45, 7) is 2.02. The molecule has 4 heteroatoms. The highest BCUT2D eigenvalue weighted by Gasteiger charge is 2.18. The summed E-state index contributed by atoms with van der Waals surface area (Å²) >= 11 is 2.01. The Morgan fingerprint density at radius 2 is 2.16 bits per heavy atom. The van der Waals surface area contributed by atoms with Gasteiger partial charge in [0.05, 0.1) is 0 Å².